The highest BCUT2D eigenvalue weighted by Gasteiger charge is 2.17. The second-order valence-electron chi connectivity index (χ2n) is 5.13. The summed E-state index contributed by atoms with van der Waals surface area (Å²) in [7, 11) is 0. The van der Waals surface area contributed by atoms with Crippen molar-refractivity contribution in [2.24, 2.45) is 5.41 Å². The van der Waals surface area contributed by atoms with Gasteiger partial charge in [-0.15, -0.1) is 0 Å². The lowest BCUT2D eigenvalue weighted by Crippen LogP contribution is -2.36. The highest BCUT2D eigenvalue weighted by atomic mass is 32.2. The first kappa shape index (κ1) is 15.1. The van der Waals surface area contributed by atoms with Crippen LogP contribution in [0.4, 0.5) is 0 Å². The average Bonchev–Trinajstić information content (AvgIpc) is 2.37. The quantitative estimate of drug-likeness (QED) is 0.831. The molecule has 0 aliphatic rings. The van der Waals surface area contributed by atoms with Crippen LogP contribution in [0.2, 0.25) is 0 Å². The molecule has 0 atom stereocenters. The fourth-order valence-electron chi connectivity index (χ4n) is 1.40. The number of hydrogen-bond donors (Lipinski definition) is 2. The largest absolute Gasteiger partial charge is 0.396 e. The van der Waals surface area contributed by atoms with E-state index in [1.165, 1.54) is 5.56 Å². The number of aliphatic hydroxyl groups is 1. The summed E-state index contributed by atoms with van der Waals surface area (Å²) < 4.78 is 0. The number of benzene rings is 1. The summed E-state index contributed by atoms with van der Waals surface area (Å²) in [6, 6.07) is 7.63. The predicted octanol–water partition coefficient (Wildman–Crippen LogP) is 2.30. The van der Waals surface area contributed by atoms with Crippen molar-refractivity contribution in [1.82, 2.24) is 5.32 Å². The van der Waals surface area contributed by atoms with E-state index in [4.69, 9.17) is 5.11 Å². The van der Waals surface area contributed by atoms with E-state index in [1.54, 1.807) is 11.8 Å². The molecule has 100 valence electrons. The molecule has 1 rings (SSSR count). The van der Waals surface area contributed by atoms with Gasteiger partial charge in [-0.05, 0) is 24.0 Å². The van der Waals surface area contributed by atoms with Gasteiger partial charge in [0.25, 0.3) is 5.91 Å². The Morgan fingerprint density at radius 2 is 1.94 bits per heavy atom. The summed E-state index contributed by atoms with van der Waals surface area (Å²) >= 11 is 1.76. The van der Waals surface area contributed by atoms with E-state index in [2.05, 4.69) is 11.6 Å². The summed E-state index contributed by atoms with van der Waals surface area (Å²) in [6.07, 6.45) is 2.05. The number of carbonyl (C=O) groups is 1. The van der Waals surface area contributed by atoms with E-state index in [9.17, 15) is 4.79 Å². The zero-order valence-electron chi connectivity index (χ0n) is 11.2. The third kappa shape index (κ3) is 4.70. The number of thioether (sulfide) groups is 1. The molecule has 4 heteroatoms. The van der Waals surface area contributed by atoms with Crippen molar-refractivity contribution < 1.29 is 9.90 Å². The van der Waals surface area contributed by atoms with Gasteiger partial charge in [-0.25, -0.2) is 0 Å². The molecule has 0 spiro atoms. The molecule has 0 saturated heterocycles. The molecule has 0 bridgehead atoms. The predicted molar refractivity (Wildman–Crippen MR) is 76.9 cm³/mol. The Labute approximate surface area is 113 Å². The van der Waals surface area contributed by atoms with Crippen molar-refractivity contribution in [3.63, 3.8) is 0 Å². The van der Waals surface area contributed by atoms with Gasteiger partial charge in [0.1, 0.15) is 0 Å². The third-order valence-corrected chi connectivity index (χ3v) is 3.30. The maximum atomic E-state index is 11.9. The van der Waals surface area contributed by atoms with Gasteiger partial charge in [-0.3, -0.25) is 4.79 Å². The second kappa shape index (κ2) is 6.81. The van der Waals surface area contributed by atoms with E-state index in [0.717, 1.165) is 5.75 Å². The standard InChI is InChI=1S/C14H21NO2S/c1-14(2,10-16)9-15-13(17)12-6-4-11(5-7-12)8-18-3/h4-7,16H,8-10H2,1-3H3,(H,15,17). The Bertz CT molecular complexity index is 387. The average molecular weight is 267 g/mol. The minimum absolute atomic E-state index is 0.0555. The van der Waals surface area contributed by atoms with Gasteiger partial charge >= 0.3 is 0 Å². The summed E-state index contributed by atoms with van der Waals surface area (Å²) in [5.41, 5.74) is 1.59. The summed E-state index contributed by atoms with van der Waals surface area (Å²) in [4.78, 5) is 11.9. The lowest BCUT2D eigenvalue weighted by Gasteiger charge is -2.21. The first-order chi connectivity index (χ1) is 8.48. The van der Waals surface area contributed by atoms with Gasteiger partial charge in [0.05, 0.1) is 0 Å². The van der Waals surface area contributed by atoms with Crippen molar-refractivity contribution in [2.75, 3.05) is 19.4 Å². The van der Waals surface area contributed by atoms with Crippen LogP contribution < -0.4 is 5.32 Å². The van der Waals surface area contributed by atoms with E-state index < -0.39 is 0 Å². The van der Waals surface area contributed by atoms with Crippen LogP contribution in [0.3, 0.4) is 0 Å². The van der Waals surface area contributed by atoms with Gasteiger partial charge < -0.3 is 10.4 Å². The topological polar surface area (TPSA) is 49.3 Å². The molecular formula is C14H21NO2S. The molecule has 1 amide bonds. The van der Waals surface area contributed by atoms with Crippen LogP contribution in [0.5, 0.6) is 0 Å². The molecule has 1 aromatic carbocycles. The summed E-state index contributed by atoms with van der Waals surface area (Å²) in [5.74, 6) is 0.867. The number of rotatable bonds is 6. The molecule has 0 unspecified atom stereocenters. The van der Waals surface area contributed by atoms with Crippen molar-refractivity contribution >= 4 is 17.7 Å². The van der Waals surface area contributed by atoms with Gasteiger partial charge in [-0.1, -0.05) is 26.0 Å². The van der Waals surface area contributed by atoms with E-state index in [-0.39, 0.29) is 17.9 Å². The van der Waals surface area contributed by atoms with Gasteiger partial charge in [-0.2, -0.15) is 11.8 Å². The lowest BCUT2D eigenvalue weighted by atomic mass is 9.95. The van der Waals surface area contributed by atoms with E-state index >= 15 is 0 Å². The molecule has 2 N–H and O–H groups in total. The summed E-state index contributed by atoms with van der Waals surface area (Å²) in [5, 5.41) is 12.0. The van der Waals surface area contributed by atoms with Crippen LogP contribution >= 0.6 is 11.8 Å². The van der Waals surface area contributed by atoms with Gasteiger partial charge in [0.15, 0.2) is 0 Å². The minimum atomic E-state index is -0.283. The highest BCUT2D eigenvalue weighted by Crippen LogP contribution is 2.13. The number of hydrogen-bond acceptors (Lipinski definition) is 3. The molecule has 0 aliphatic heterocycles. The molecule has 0 fully saturated rings. The second-order valence-corrected chi connectivity index (χ2v) is 6.00. The molecule has 18 heavy (non-hydrogen) atoms. The van der Waals surface area contributed by atoms with Crippen LogP contribution in [-0.2, 0) is 5.75 Å². The van der Waals surface area contributed by atoms with Crippen LogP contribution in [0.15, 0.2) is 24.3 Å². The van der Waals surface area contributed by atoms with Crippen LogP contribution in [0.1, 0.15) is 29.8 Å². The van der Waals surface area contributed by atoms with Crippen LogP contribution in [-0.4, -0.2) is 30.4 Å². The number of amides is 1. The third-order valence-electron chi connectivity index (χ3n) is 2.68. The molecule has 0 aliphatic carbocycles. The summed E-state index contributed by atoms with van der Waals surface area (Å²) in [6.45, 7) is 4.35. The number of aliphatic hydroxyl groups excluding tert-OH is 1. The fraction of sp³-hybridized carbons (Fsp3) is 0.500. The monoisotopic (exact) mass is 267 g/mol. The van der Waals surface area contributed by atoms with E-state index in [0.29, 0.717) is 12.1 Å². The molecule has 1 aromatic rings. The maximum Gasteiger partial charge on any atom is 0.251 e. The zero-order chi connectivity index (χ0) is 13.6. The molecule has 3 nitrogen and oxygen atoms in total. The Balaban J connectivity index is 2.56. The van der Waals surface area contributed by atoms with E-state index in [1.807, 2.05) is 38.1 Å². The van der Waals surface area contributed by atoms with Crippen molar-refractivity contribution in [2.45, 2.75) is 19.6 Å². The Hall–Kier alpha value is -1.00. The fourth-order valence-corrected chi connectivity index (χ4v) is 1.92. The van der Waals surface area contributed by atoms with Crippen molar-refractivity contribution in [3.05, 3.63) is 35.4 Å². The Morgan fingerprint density at radius 3 is 2.44 bits per heavy atom. The first-order valence-corrected chi connectivity index (χ1v) is 7.35. The normalized spacial score (nSPS) is 11.3. The Kier molecular flexibility index (Phi) is 5.69. The SMILES string of the molecule is CSCc1ccc(C(=O)NCC(C)(C)CO)cc1. The van der Waals surface area contributed by atoms with Crippen LogP contribution in [0, 0.1) is 5.41 Å². The minimum Gasteiger partial charge on any atom is -0.396 e. The highest BCUT2D eigenvalue weighted by molar-refractivity contribution is 7.97. The lowest BCUT2D eigenvalue weighted by molar-refractivity contribution is 0.0911. The Morgan fingerprint density at radius 1 is 1.33 bits per heavy atom. The molecule has 0 aromatic heterocycles. The van der Waals surface area contributed by atoms with Gasteiger partial charge in [0.2, 0.25) is 0 Å². The smallest absolute Gasteiger partial charge is 0.251 e. The first-order valence-electron chi connectivity index (χ1n) is 5.95. The molecule has 0 saturated carbocycles. The number of carbonyl (C=O) groups excluding carboxylic acids is 1. The van der Waals surface area contributed by atoms with Crippen LogP contribution in [0.25, 0.3) is 0 Å². The maximum absolute atomic E-state index is 11.9. The molecule has 0 radical (unpaired) electrons. The molecule has 0 heterocycles. The number of nitrogens with one attached hydrogen (secondary N) is 1. The van der Waals surface area contributed by atoms with Crippen molar-refractivity contribution in [3.8, 4) is 0 Å². The van der Waals surface area contributed by atoms with Gasteiger partial charge in [0, 0.05) is 29.9 Å². The molecular weight excluding hydrogens is 246 g/mol. The van der Waals surface area contributed by atoms with Crippen molar-refractivity contribution in [1.29, 1.82) is 0 Å². The zero-order valence-corrected chi connectivity index (χ0v) is 12.0.